The van der Waals surface area contributed by atoms with E-state index in [4.69, 9.17) is 6.57 Å². The monoisotopic (exact) mass is 197 g/mol. The second-order valence-electron chi connectivity index (χ2n) is 4.54. The lowest BCUT2D eigenvalue weighted by Crippen LogP contribution is -2.04. The Hall–Kier alpha value is -1.62. The predicted octanol–water partition coefficient (Wildman–Crippen LogP) is 2.86. The van der Waals surface area contributed by atoms with Crippen LogP contribution in [0.25, 0.3) is 4.85 Å². The Morgan fingerprint density at radius 2 is 2.07 bits per heavy atom. The van der Waals surface area contributed by atoms with E-state index in [1.807, 2.05) is 24.3 Å². The molecule has 1 aromatic rings. The molecule has 2 unspecified atom stereocenters. The predicted molar refractivity (Wildman–Crippen MR) is 56.7 cm³/mol. The molecule has 3 rings (SSSR count). The van der Waals surface area contributed by atoms with Crippen LogP contribution < -0.4 is 0 Å². The van der Waals surface area contributed by atoms with E-state index in [2.05, 4.69) is 4.85 Å². The van der Waals surface area contributed by atoms with E-state index in [0.717, 1.165) is 19.3 Å². The normalized spacial score (nSPS) is 32.2. The van der Waals surface area contributed by atoms with Gasteiger partial charge in [-0.25, -0.2) is 4.85 Å². The van der Waals surface area contributed by atoms with Crippen LogP contribution in [0.2, 0.25) is 0 Å². The summed E-state index contributed by atoms with van der Waals surface area (Å²) in [5, 5.41) is 0. The van der Waals surface area contributed by atoms with E-state index < -0.39 is 0 Å². The fourth-order valence-electron chi connectivity index (χ4n) is 2.86. The average Bonchev–Trinajstić information content (AvgIpc) is 2.95. The smallest absolute Gasteiger partial charge is 0.187 e. The summed E-state index contributed by atoms with van der Waals surface area (Å²) >= 11 is 0. The number of rotatable bonds is 1. The summed E-state index contributed by atoms with van der Waals surface area (Å²) in [6.07, 6.45) is 2.78. The summed E-state index contributed by atoms with van der Waals surface area (Å²) in [7, 11) is 0. The number of fused-ring (bicyclic) bond motifs is 1. The van der Waals surface area contributed by atoms with Gasteiger partial charge in [-0.1, -0.05) is 24.3 Å². The Morgan fingerprint density at radius 1 is 1.33 bits per heavy atom. The highest BCUT2D eigenvalue weighted by atomic mass is 16.1. The maximum absolute atomic E-state index is 11.5. The number of ketones is 1. The number of carbonyl (C=O) groups is 1. The Balaban J connectivity index is 1.96. The molecule has 0 aromatic heterocycles. The van der Waals surface area contributed by atoms with Crippen molar-refractivity contribution in [3.8, 4) is 0 Å². The molecule has 2 atom stereocenters. The van der Waals surface area contributed by atoms with Gasteiger partial charge in [-0.2, -0.15) is 0 Å². The van der Waals surface area contributed by atoms with Gasteiger partial charge in [-0.05, 0) is 18.4 Å². The molecule has 0 heterocycles. The fourth-order valence-corrected chi connectivity index (χ4v) is 2.86. The van der Waals surface area contributed by atoms with Crippen LogP contribution in [0.15, 0.2) is 24.3 Å². The second kappa shape index (κ2) is 2.70. The Bertz CT molecular complexity index is 468. The average molecular weight is 197 g/mol. The van der Waals surface area contributed by atoms with Crippen LogP contribution in [0, 0.1) is 12.5 Å². The molecule has 1 aromatic carbocycles. The first-order valence-corrected chi connectivity index (χ1v) is 5.27. The van der Waals surface area contributed by atoms with Crippen LogP contribution in [0.5, 0.6) is 0 Å². The van der Waals surface area contributed by atoms with Gasteiger partial charge in [-0.3, -0.25) is 4.79 Å². The number of nitrogens with zero attached hydrogens (tertiary/aromatic N) is 1. The summed E-state index contributed by atoms with van der Waals surface area (Å²) < 4.78 is 0. The van der Waals surface area contributed by atoms with E-state index in [1.165, 1.54) is 5.56 Å². The van der Waals surface area contributed by atoms with Gasteiger partial charge < -0.3 is 0 Å². The van der Waals surface area contributed by atoms with Crippen molar-refractivity contribution >= 4 is 11.5 Å². The zero-order valence-electron chi connectivity index (χ0n) is 8.36. The molecule has 2 aliphatic carbocycles. The van der Waals surface area contributed by atoms with Crippen molar-refractivity contribution in [3.05, 3.63) is 41.2 Å². The van der Waals surface area contributed by atoms with Crippen LogP contribution in [-0.4, -0.2) is 5.78 Å². The molecule has 0 N–H and O–H groups in total. The Morgan fingerprint density at radius 3 is 2.53 bits per heavy atom. The molecule has 0 amide bonds. The van der Waals surface area contributed by atoms with E-state index in [1.54, 1.807) is 0 Å². The highest BCUT2D eigenvalue weighted by molar-refractivity contribution is 5.89. The fraction of sp³-hybridized carbons (Fsp3) is 0.385. The molecule has 2 saturated carbocycles. The van der Waals surface area contributed by atoms with E-state index in [0.29, 0.717) is 11.5 Å². The van der Waals surface area contributed by atoms with Crippen LogP contribution >= 0.6 is 0 Å². The molecule has 0 spiro atoms. The van der Waals surface area contributed by atoms with Gasteiger partial charge in [0.15, 0.2) is 5.69 Å². The summed E-state index contributed by atoms with van der Waals surface area (Å²) in [6, 6.07) is 7.75. The van der Waals surface area contributed by atoms with Gasteiger partial charge >= 0.3 is 0 Å². The van der Waals surface area contributed by atoms with Crippen molar-refractivity contribution in [2.75, 3.05) is 0 Å². The van der Waals surface area contributed by atoms with Crippen LogP contribution in [0.4, 0.5) is 5.69 Å². The van der Waals surface area contributed by atoms with Gasteiger partial charge in [-0.15, -0.1) is 0 Å². The van der Waals surface area contributed by atoms with Gasteiger partial charge in [0.2, 0.25) is 0 Å². The summed E-state index contributed by atoms with van der Waals surface area (Å²) in [6.45, 7) is 6.89. The van der Waals surface area contributed by atoms with Crippen molar-refractivity contribution in [2.24, 2.45) is 5.92 Å². The highest BCUT2D eigenvalue weighted by Crippen LogP contribution is 2.62. The van der Waals surface area contributed by atoms with E-state index in [-0.39, 0.29) is 11.3 Å². The first kappa shape index (κ1) is 8.67. The molecule has 0 bridgehead atoms. The first-order chi connectivity index (χ1) is 7.26. The van der Waals surface area contributed by atoms with Crippen molar-refractivity contribution in [1.82, 2.24) is 0 Å². The molecule has 0 saturated heterocycles. The Kier molecular flexibility index (Phi) is 1.56. The number of carbonyl (C=O) groups excluding carboxylic acids is 1. The number of hydrogen-bond acceptors (Lipinski definition) is 1. The molecule has 15 heavy (non-hydrogen) atoms. The van der Waals surface area contributed by atoms with Crippen molar-refractivity contribution in [2.45, 2.75) is 24.7 Å². The first-order valence-electron chi connectivity index (χ1n) is 5.27. The molecule has 0 radical (unpaired) electrons. The summed E-state index contributed by atoms with van der Waals surface area (Å²) in [4.78, 5) is 14.8. The lowest BCUT2D eigenvalue weighted by atomic mass is 9.93. The zero-order chi connectivity index (χ0) is 10.5. The molecule has 2 nitrogen and oxygen atoms in total. The Labute approximate surface area is 88.7 Å². The van der Waals surface area contributed by atoms with Crippen molar-refractivity contribution < 1.29 is 4.79 Å². The van der Waals surface area contributed by atoms with Gasteiger partial charge in [0.25, 0.3) is 0 Å². The maximum atomic E-state index is 11.5. The van der Waals surface area contributed by atoms with Gasteiger partial charge in [0, 0.05) is 17.8 Å². The standard InChI is InChI=1S/C13H11NO/c1-14-10-4-2-9(3-5-10)13-7-6-12(15)11(13)8-13/h2-5,11H,6-8H2. The number of Topliss-reactive ketones (excluding diaryl/α,β-unsaturated/α-hetero) is 1. The molecule has 2 heteroatoms. The third kappa shape index (κ3) is 1.07. The zero-order valence-corrected chi connectivity index (χ0v) is 8.36. The summed E-state index contributed by atoms with van der Waals surface area (Å²) in [5.41, 5.74) is 2.10. The van der Waals surface area contributed by atoms with Crippen LogP contribution in [0.1, 0.15) is 24.8 Å². The van der Waals surface area contributed by atoms with Crippen molar-refractivity contribution in [1.29, 1.82) is 0 Å². The topological polar surface area (TPSA) is 21.4 Å². The molecule has 0 aliphatic heterocycles. The number of benzene rings is 1. The molecule has 74 valence electrons. The van der Waals surface area contributed by atoms with Gasteiger partial charge in [0.05, 0.1) is 6.57 Å². The third-order valence-corrected chi connectivity index (χ3v) is 3.85. The second-order valence-corrected chi connectivity index (χ2v) is 4.54. The van der Waals surface area contributed by atoms with E-state index in [9.17, 15) is 4.79 Å². The largest absolute Gasteiger partial charge is 0.299 e. The van der Waals surface area contributed by atoms with Crippen LogP contribution in [-0.2, 0) is 10.2 Å². The third-order valence-electron chi connectivity index (χ3n) is 3.85. The SMILES string of the molecule is [C-]#[N+]c1ccc(C23CCC(=O)C2C3)cc1. The quantitative estimate of drug-likeness (QED) is 0.634. The van der Waals surface area contributed by atoms with Gasteiger partial charge in [0.1, 0.15) is 5.78 Å². The van der Waals surface area contributed by atoms with Crippen molar-refractivity contribution in [3.63, 3.8) is 0 Å². The number of hydrogen-bond donors (Lipinski definition) is 0. The van der Waals surface area contributed by atoms with E-state index >= 15 is 0 Å². The molecule has 2 aliphatic rings. The minimum absolute atomic E-state index is 0.164. The molecular weight excluding hydrogens is 186 g/mol. The molecular formula is C13H11NO. The minimum atomic E-state index is 0.164. The highest BCUT2D eigenvalue weighted by Gasteiger charge is 2.62. The lowest BCUT2D eigenvalue weighted by Gasteiger charge is -2.11. The minimum Gasteiger partial charge on any atom is -0.299 e. The summed E-state index contributed by atoms with van der Waals surface area (Å²) in [5.74, 6) is 0.723. The van der Waals surface area contributed by atoms with Crippen LogP contribution in [0.3, 0.4) is 0 Å². The maximum Gasteiger partial charge on any atom is 0.187 e. The molecule has 2 fully saturated rings. The lowest BCUT2D eigenvalue weighted by molar-refractivity contribution is -0.119.